The molecule has 0 radical (unpaired) electrons. The molecular formula is C19H20N4O7S. The van der Waals surface area contributed by atoms with E-state index in [9.17, 15) is 28.1 Å². The maximum atomic E-state index is 12.5. The number of amides is 2. The van der Waals surface area contributed by atoms with Gasteiger partial charge in [-0.25, -0.2) is 12.7 Å². The van der Waals surface area contributed by atoms with Gasteiger partial charge in [-0.05, 0) is 17.7 Å². The second-order valence-electron chi connectivity index (χ2n) is 6.85. The van der Waals surface area contributed by atoms with Crippen molar-refractivity contribution in [2.24, 2.45) is 0 Å². The topological polar surface area (TPSA) is 139 Å². The van der Waals surface area contributed by atoms with Gasteiger partial charge in [0, 0.05) is 32.8 Å². The molecule has 0 saturated heterocycles. The molecule has 0 bridgehead atoms. The summed E-state index contributed by atoms with van der Waals surface area (Å²) in [5.74, 6) is -0.844. The van der Waals surface area contributed by atoms with E-state index in [1.165, 1.54) is 38.4 Å². The molecule has 12 heteroatoms. The molecule has 2 aromatic carbocycles. The van der Waals surface area contributed by atoms with Gasteiger partial charge in [-0.1, -0.05) is 18.2 Å². The zero-order valence-corrected chi connectivity index (χ0v) is 17.6. The zero-order chi connectivity index (χ0) is 22.8. The van der Waals surface area contributed by atoms with Gasteiger partial charge in [0.1, 0.15) is 12.3 Å². The number of nitrogens with one attached hydrogen (secondary N) is 1. The SMILES string of the molecule is CN(C)S(=O)(=O)c1ccccc1CNC(=O)CN1C(=O)COc2ccc([N+](=O)[O-])cc21. The molecule has 0 fully saturated rings. The number of ether oxygens (including phenoxy) is 1. The Labute approximate surface area is 178 Å². The van der Waals surface area contributed by atoms with Crippen molar-refractivity contribution >= 4 is 33.2 Å². The number of carbonyl (C=O) groups is 2. The predicted octanol–water partition coefficient (Wildman–Crippen LogP) is 0.887. The van der Waals surface area contributed by atoms with Crippen molar-refractivity contribution in [1.29, 1.82) is 0 Å². The first-order chi connectivity index (χ1) is 14.6. The van der Waals surface area contributed by atoms with Crippen molar-refractivity contribution in [2.45, 2.75) is 11.4 Å². The average Bonchev–Trinajstić information content (AvgIpc) is 2.74. The number of hydrogen-bond donors (Lipinski definition) is 1. The Kier molecular flexibility index (Phi) is 6.22. The van der Waals surface area contributed by atoms with Gasteiger partial charge in [0.25, 0.3) is 11.6 Å². The van der Waals surface area contributed by atoms with Gasteiger partial charge in [0.15, 0.2) is 6.61 Å². The monoisotopic (exact) mass is 448 g/mol. The van der Waals surface area contributed by atoms with E-state index in [0.29, 0.717) is 5.56 Å². The lowest BCUT2D eigenvalue weighted by Gasteiger charge is -2.28. The molecule has 0 spiro atoms. The second-order valence-corrected chi connectivity index (χ2v) is 8.97. The number of fused-ring (bicyclic) bond motifs is 1. The Morgan fingerprint density at radius 1 is 1.26 bits per heavy atom. The van der Waals surface area contributed by atoms with Crippen LogP contribution < -0.4 is 15.0 Å². The van der Waals surface area contributed by atoms with E-state index < -0.39 is 33.3 Å². The molecule has 164 valence electrons. The number of anilines is 1. The molecule has 3 rings (SSSR count). The molecule has 1 N–H and O–H groups in total. The minimum absolute atomic E-state index is 0.0590. The fourth-order valence-electron chi connectivity index (χ4n) is 2.97. The van der Waals surface area contributed by atoms with Gasteiger partial charge in [-0.2, -0.15) is 0 Å². The van der Waals surface area contributed by atoms with Gasteiger partial charge in [0.05, 0.1) is 15.5 Å². The number of nitro groups is 1. The summed E-state index contributed by atoms with van der Waals surface area (Å²) in [6.07, 6.45) is 0. The van der Waals surface area contributed by atoms with Crippen LogP contribution >= 0.6 is 0 Å². The van der Waals surface area contributed by atoms with E-state index in [1.807, 2.05) is 0 Å². The van der Waals surface area contributed by atoms with Crippen LogP contribution in [0.4, 0.5) is 11.4 Å². The van der Waals surface area contributed by atoms with Crippen LogP contribution in [0.5, 0.6) is 5.75 Å². The lowest BCUT2D eigenvalue weighted by molar-refractivity contribution is -0.384. The predicted molar refractivity (Wildman–Crippen MR) is 110 cm³/mol. The fourth-order valence-corrected chi connectivity index (χ4v) is 4.08. The summed E-state index contributed by atoms with van der Waals surface area (Å²) in [5, 5.41) is 13.6. The number of carbonyl (C=O) groups excluding carboxylic acids is 2. The number of nitrogens with zero attached hydrogens (tertiary/aromatic N) is 3. The maximum absolute atomic E-state index is 12.5. The highest BCUT2D eigenvalue weighted by molar-refractivity contribution is 7.89. The van der Waals surface area contributed by atoms with Crippen LogP contribution in [-0.4, -0.2) is 56.7 Å². The standard InChI is InChI=1S/C19H20N4O7S/c1-21(2)31(28,29)17-6-4-3-5-13(17)10-20-18(24)11-22-15-9-14(23(26)27)7-8-16(15)30-12-19(22)25/h3-9H,10-12H2,1-2H3,(H,20,24). The molecule has 0 aromatic heterocycles. The third-order valence-electron chi connectivity index (χ3n) is 4.61. The quantitative estimate of drug-likeness (QED) is 0.490. The summed E-state index contributed by atoms with van der Waals surface area (Å²) >= 11 is 0. The van der Waals surface area contributed by atoms with Gasteiger partial charge in [0.2, 0.25) is 15.9 Å². The number of hydrogen-bond acceptors (Lipinski definition) is 7. The number of rotatable bonds is 7. The zero-order valence-electron chi connectivity index (χ0n) is 16.8. The van der Waals surface area contributed by atoms with E-state index in [0.717, 1.165) is 9.21 Å². The molecule has 1 heterocycles. The molecule has 31 heavy (non-hydrogen) atoms. The molecule has 1 aliphatic heterocycles. The molecule has 2 aromatic rings. The Morgan fingerprint density at radius 3 is 2.65 bits per heavy atom. The summed E-state index contributed by atoms with van der Waals surface area (Å²) in [5.41, 5.74) is 0.260. The van der Waals surface area contributed by atoms with Crippen molar-refractivity contribution in [3.8, 4) is 5.75 Å². The fraction of sp³-hybridized carbons (Fsp3) is 0.263. The summed E-state index contributed by atoms with van der Waals surface area (Å²) in [6.45, 7) is -0.788. The second kappa shape index (κ2) is 8.70. The normalized spacial score (nSPS) is 13.5. The van der Waals surface area contributed by atoms with E-state index >= 15 is 0 Å². The molecule has 11 nitrogen and oxygen atoms in total. The van der Waals surface area contributed by atoms with E-state index in [-0.39, 0.29) is 35.2 Å². The van der Waals surface area contributed by atoms with E-state index in [2.05, 4.69) is 5.32 Å². The van der Waals surface area contributed by atoms with Crippen LogP contribution in [0, 0.1) is 10.1 Å². The first-order valence-corrected chi connectivity index (χ1v) is 10.5. The summed E-state index contributed by atoms with van der Waals surface area (Å²) in [4.78, 5) is 36.4. The Hall–Kier alpha value is -3.51. The third kappa shape index (κ3) is 4.64. The van der Waals surface area contributed by atoms with E-state index in [4.69, 9.17) is 4.74 Å². The van der Waals surface area contributed by atoms with Crippen LogP contribution in [0.1, 0.15) is 5.56 Å². The Bertz CT molecular complexity index is 1150. The van der Waals surface area contributed by atoms with Crippen LogP contribution in [0.15, 0.2) is 47.4 Å². The van der Waals surface area contributed by atoms with Crippen LogP contribution in [0.3, 0.4) is 0 Å². The maximum Gasteiger partial charge on any atom is 0.271 e. The Balaban J connectivity index is 1.77. The lowest BCUT2D eigenvalue weighted by Crippen LogP contribution is -2.45. The van der Waals surface area contributed by atoms with Crippen LogP contribution in [0.25, 0.3) is 0 Å². The molecule has 1 aliphatic rings. The molecular weight excluding hydrogens is 428 g/mol. The number of non-ortho nitro benzene ring substituents is 1. The molecule has 2 amide bonds. The van der Waals surface area contributed by atoms with E-state index in [1.54, 1.807) is 18.2 Å². The molecule has 0 unspecified atom stereocenters. The minimum atomic E-state index is -3.71. The number of benzene rings is 2. The first kappa shape index (κ1) is 22.2. The highest BCUT2D eigenvalue weighted by Crippen LogP contribution is 2.35. The number of sulfonamides is 1. The van der Waals surface area contributed by atoms with Gasteiger partial charge >= 0.3 is 0 Å². The van der Waals surface area contributed by atoms with Crippen molar-refractivity contribution in [3.05, 3.63) is 58.1 Å². The van der Waals surface area contributed by atoms with Gasteiger partial charge in [-0.3, -0.25) is 24.6 Å². The molecule has 0 aliphatic carbocycles. The van der Waals surface area contributed by atoms with Crippen molar-refractivity contribution in [2.75, 3.05) is 32.1 Å². The first-order valence-electron chi connectivity index (χ1n) is 9.10. The summed E-state index contributed by atoms with van der Waals surface area (Å²) in [6, 6.07) is 10.0. The van der Waals surface area contributed by atoms with Crippen molar-refractivity contribution in [1.82, 2.24) is 9.62 Å². The lowest BCUT2D eigenvalue weighted by atomic mass is 10.2. The highest BCUT2D eigenvalue weighted by Gasteiger charge is 2.29. The highest BCUT2D eigenvalue weighted by atomic mass is 32.2. The number of nitro benzene ring substituents is 1. The van der Waals surface area contributed by atoms with Gasteiger partial charge in [-0.15, -0.1) is 0 Å². The average molecular weight is 448 g/mol. The Morgan fingerprint density at radius 2 is 1.97 bits per heavy atom. The third-order valence-corrected chi connectivity index (χ3v) is 6.52. The van der Waals surface area contributed by atoms with Crippen LogP contribution in [-0.2, 0) is 26.2 Å². The molecule has 0 saturated carbocycles. The van der Waals surface area contributed by atoms with Crippen LogP contribution in [0.2, 0.25) is 0 Å². The van der Waals surface area contributed by atoms with Gasteiger partial charge < -0.3 is 10.1 Å². The van der Waals surface area contributed by atoms with Crippen molar-refractivity contribution in [3.63, 3.8) is 0 Å². The largest absolute Gasteiger partial charge is 0.482 e. The smallest absolute Gasteiger partial charge is 0.271 e. The van der Waals surface area contributed by atoms with Crippen molar-refractivity contribution < 1.29 is 27.7 Å². The summed E-state index contributed by atoms with van der Waals surface area (Å²) < 4.78 is 31.3. The minimum Gasteiger partial charge on any atom is -0.482 e. The molecule has 0 atom stereocenters. The summed E-state index contributed by atoms with van der Waals surface area (Å²) in [7, 11) is -0.891.